The predicted octanol–water partition coefficient (Wildman–Crippen LogP) is 6.20. The lowest BCUT2D eigenvalue weighted by Crippen LogP contribution is -2.36. The molecule has 6 nitrogen and oxygen atoms in total. The highest BCUT2D eigenvalue weighted by atomic mass is 35.5. The molecule has 1 aliphatic heterocycles. The largest absolute Gasteiger partial charge is 0.493 e. The molecule has 2 aromatic rings. The van der Waals surface area contributed by atoms with Crippen LogP contribution in [0.4, 0.5) is 0 Å². The Balaban J connectivity index is 1.53. The van der Waals surface area contributed by atoms with Gasteiger partial charge in [0, 0.05) is 34.3 Å². The van der Waals surface area contributed by atoms with Gasteiger partial charge in [-0.15, -0.1) is 0 Å². The van der Waals surface area contributed by atoms with Crippen molar-refractivity contribution in [2.75, 3.05) is 14.2 Å². The molecule has 0 amide bonds. The third-order valence-electron chi connectivity index (χ3n) is 7.68. The number of carbonyl (C=O) groups excluding carboxylic acids is 2. The van der Waals surface area contributed by atoms with E-state index in [2.05, 4.69) is 5.32 Å². The van der Waals surface area contributed by atoms with Gasteiger partial charge in [-0.3, -0.25) is 4.79 Å². The fourth-order valence-electron chi connectivity index (χ4n) is 5.89. The van der Waals surface area contributed by atoms with Crippen molar-refractivity contribution in [2.45, 2.75) is 63.4 Å². The van der Waals surface area contributed by atoms with Gasteiger partial charge in [-0.2, -0.15) is 0 Å². The monoisotopic (exact) mass is 521 g/mol. The Hall–Kier alpha value is -3.25. The van der Waals surface area contributed by atoms with Crippen LogP contribution < -0.4 is 14.8 Å². The summed E-state index contributed by atoms with van der Waals surface area (Å²) in [7, 11) is 3.21. The molecule has 2 aliphatic carbocycles. The van der Waals surface area contributed by atoms with Crippen molar-refractivity contribution in [2.24, 2.45) is 0 Å². The highest BCUT2D eigenvalue weighted by Crippen LogP contribution is 2.47. The summed E-state index contributed by atoms with van der Waals surface area (Å²) in [6.07, 6.45) is 4.79. The molecule has 37 heavy (non-hydrogen) atoms. The highest BCUT2D eigenvalue weighted by Gasteiger charge is 2.42. The van der Waals surface area contributed by atoms with Crippen LogP contribution in [0.1, 0.15) is 68.4 Å². The Bertz CT molecular complexity index is 1290. The van der Waals surface area contributed by atoms with E-state index in [4.69, 9.17) is 25.8 Å². The Morgan fingerprint density at radius 1 is 0.973 bits per heavy atom. The summed E-state index contributed by atoms with van der Waals surface area (Å²) in [5.74, 6) is 0.379. The fourth-order valence-corrected chi connectivity index (χ4v) is 6.09. The minimum Gasteiger partial charge on any atom is -0.493 e. The van der Waals surface area contributed by atoms with Gasteiger partial charge in [0.1, 0.15) is 6.10 Å². The second kappa shape index (κ2) is 10.6. The molecular weight excluding hydrogens is 490 g/mol. The second-order valence-electron chi connectivity index (χ2n) is 10.00. The predicted molar refractivity (Wildman–Crippen MR) is 142 cm³/mol. The first-order valence-corrected chi connectivity index (χ1v) is 13.2. The maximum atomic E-state index is 13.8. The number of halogens is 1. The van der Waals surface area contributed by atoms with Crippen LogP contribution in [-0.4, -0.2) is 32.1 Å². The van der Waals surface area contributed by atoms with E-state index in [1.54, 1.807) is 20.3 Å². The van der Waals surface area contributed by atoms with E-state index in [-0.39, 0.29) is 23.8 Å². The van der Waals surface area contributed by atoms with Crippen molar-refractivity contribution in [3.63, 3.8) is 0 Å². The molecule has 1 fully saturated rings. The number of methoxy groups -OCH3 is 2. The number of ether oxygens (including phenoxy) is 3. The third-order valence-corrected chi connectivity index (χ3v) is 7.92. The van der Waals surface area contributed by atoms with Crippen LogP contribution in [0.2, 0.25) is 5.02 Å². The van der Waals surface area contributed by atoms with Crippen LogP contribution >= 0.6 is 11.6 Å². The number of ketones is 1. The number of esters is 1. The highest BCUT2D eigenvalue weighted by molar-refractivity contribution is 6.30. The van der Waals surface area contributed by atoms with E-state index in [1.165, 1.54) is 0 Å². The molecule has 0 unspecified atom stereocenters. The minimum absolute atomic E-state index is 0.0113. The molecule has 2 atom stereocenters. The van der Waals surface area contributed by atoms with Crippen molar-refractivity contribution in [1.29, 1.82) is 0 Å². The smallest absolute Gasteiger partial charge is 0.337 e. The van der Waals surface area contributed by atoms with Gasteiger partial charge in [-0.25, -0.2) is 4.79 Å². The molecule has 3 aliphatic rings. The van der Waals surface area contributed by atoms with Crippen molar-refractivity contribution in [1.82, 2.24) is 5.32 Å². The Kier molecular flexibility index (Phi) is 7.29. The number of nitrogens with one attached hydrogen (secondary N) is 1. The van der Waals surface area contributed by atoms with Crippen LogP contribution in [0.3, 0.4) is 0 Å². The fraction of sp³-hybridized carbons (Fsp3) is 0.400. The van der Waals surface area contributed by atoms with Crippen LogP contribution in [0.5, 0.6) is 11.5 Å². The van der Waals surface area contributed by atoms with E-state index in [1.807, 2.05) is 43.3 Å². The van der Waals surface area contributed by atoms with E-state index in [9.17, 15) is 9.59 Å². The average molecular weight is 522 g/mol. The zero-order valence-electron chi connectivity index (χ0n) is 21.4. The SMILES string of the molecule is COc1ccc([C@H]2CC(=O)C3=C(C2)NC(C)=C(C(=O)OC2CCCC2)[C@@H]3c2cccc(Cl)c2)cc1OC. The number of benzene rings is 2. The summed E-state index contributed by atoms with van der Waals surface area (Å²) in [4.78, 5) is 27.3. The van der Waals surface area contributed by atoms with Crippen LogP contribution in [-0.2, 0) is 14.3 Å². The van der Waals surface area contributed by atoms with E-state index >= 15 is 0 Å². The van der Waals surface area contributed by atoms with E-state index in [0.717, 1.165) is 42.5 Å². The molecule has 1 N–H and O–H groups in total. The van der Waals surface area contributed by atoms with Gasteiger partial charge < -0.3 is 19.5 Å². The maximum Gasteiger partial charge on any atom is 0.337 e. The summed E-state index contributed by atoms with van der Waals surface area (Å²) in [6.45, 7) is 1.89. The zero-order valence-corrected chi connectivity index (χ0v) is 22.2. The van der Waals surface area contributed by atoms with Gasteiger partial charge in [0.05, 0.1) is 19.8 Å². The first kappa shape index (κ1) is 25.4. The lowest BCUT2D eigenvalue weighted by atomic mass is 9.71. The molecule has 0 aromatic heterocycles. The summed E-state index contributed by atoms with van der Waals surface area (Å²) in [5.41, 5.74) is 4.50. The molecular formula is C30H32ClNO5. The van der Waals surface area contributed by atoms with Crippen molar-refractivity contribution in [3.05, 3.63) is 81.2 Å². The van der Waals surface area contributed by atoms with Gasteiger partial charge in [-0.1, -0.05) is 29.8 Å². The first-order valence-electron chi connectivity index (χ1n) is 12.8. The van der Waals surface area contributed by atoms with Gasteiger partial charge in [0.25, 0.3) is 0 Å². The van der Waals surface area contributed by atoms with Crippen LogP contribution in [0.25, 0.3) is 0 Å². The Morgan fingerprint density at radius 2 is 1.73 bits per heavy atom. The van der Waals surface area contributed by atoms with Crippen molar-refractivity contribution in [3.8, 4) is 11.5 Å². The molecule has 2 aromatic carbocycles. The lowest BCUT2D eigenvalue weighted by molar-refractivity contribution is -0.144. The number of hydrogen-bond donors (Lipinski definition) is 1. The molecule has 1 saturated carbocycles. The molecule has 194 valence electrons. The van der Waals surface area contributed by atoms with E-state index < -0.39 is 5.92 Å². The van der Waals surface area contributed by atoms with Gasteiger partial charge in [0.2, 0.25) is 0 Å². The molecule has 5 rings (SSSR count). The van der Waals surface area contributed by atoms with Crippen molar-refractivity contribution >= 4 is 23.4 Å². The molecule has 0 saturated heterocycles. The van der Waals surface area contributed by atoms with Crippen LogP contribution in [0, 0.1) is 0 Å². The summed E-state index contributed by atoms with van der Waals surface area (Å²) >= 11 is 6.36. The number of allylic oxidation sites excluding steroid dienone is 3. The Labute approximate surface area is 222 Å². The normalized spacial score (nSPS) is 22.0. The summed E-state index contributed by atoms with van der Waals surface area (Å²) in [6, 6.07) is 13.2. The first-order chi connectivity index (χ1) is 17.9. The number of dihydropyridines is 1. The van der Waals surface area contributed by atoms with Gasteiger partial charge >= 0.3 is 5.97 Å². The Morgan fingerprint density at radius 3 is 2.43 bits per heavy atom. The zero-order chi connectivity index (χ0) is 26.1. The number of rotatable bonds is 6. The quantitative estimate of drug-likeness (QED) is 0.456. The second-order valence-corrected chi connectivity index (χ2v) is 10.4. The lowest BCUT2D eigenvalue weighted by Gasteiger charge is -2.37. The van der Waals surface area contributed by atoms with Crippen LogP contribution in [0.15, 0.2) is 65.0 Å². The standard InChI is InChI=1S/C30H32ClNO5/c1-17-27(30(34)37-22-9-4-5-10-22)28(19-7-6-8-21(31)13-19)29-23(32-17)14-20(15-24(29)33)18-11-12-25(35-2)26(16-18)36-3/h6-8,11-13,16,20,22,28,32H,4-5,9-10,14-15H2,1-3H3/t20-,28+/m1/s1. The topological polar surface area (TPSA) is 73.9 Å². The molecule has 0 spiro atoms. The number of hydrogen-bond acceptors (Lipinski definition) is 6. The van der Waals surface area contributed by atoms with Gasteiger partial charge in [-0.05, 0) is 80.3 Å². The average Bonchev–Trinajstić information content (AvgIpc) is 3.40. The maximum absolute atomic E-state index is 13.8. The molecule has 7 heteroatoms. The summed E-state index contributed by atoms with van der Waals surface area (Å²) in [5, 5.41) is 3.98. The molecule has 1 heterocycles. The molecule has 0 radical (unpaired) electrons. The van der Waals surface area contributed by atoms with Crippen molar-refractivity contribution < 1.29 is 23.8 Å². The third kappa shape index (κ3) is 4.99. The minimum atomic E-state index is -0.525. The van der Waals surface area contributed by atoms with Gasteiger partial charge in [0.15, 0.2) is 17.3 Å². The number of carbonyl (C=O) groups is 2. The number of Topliss-reactive ketones (excluding diaryl/α,β-unsaturated/α-hetero) is 1. The molecule has 0 bridgehead atoms. The van der Waals surface area contributed by atoms with E-state index in [0.29, 0.717) is 46.2 Å². The summed E-state index contributed by atoms with van der Waals surface area (Å²) < 4.78 is 16.8.